The second-order valence-corrected chi connectivity index (χ2v) is 13.7. The van der Waals surface area contributed by atoms with E-state index in [9.17, 15) is 31.5 Å². The Balaban J connectivity index is 1.24. The van der Waals surface area contributed by atoms with E-state index in [-0.39, 0.29) is 35.2 Å². The fraction of sp³-hybridized carbons (Fsp3) is 0.469. The molecule has 1 aromatic heterocycles. The van der Waals surface area contributed by atoms with E-state index in [4.69, 9.17) is 0 Å². The number of anilines is 2. The number of nitrogens with zero attached hydrogens (tertiary/aromatic N) is 3. The van der Waals surface area contributed by atoms with E-state index >= 15 is 0 Å². The van der Waals surface area contributed by atoms with Crippen LogP contribution in [-0.4, -0.2) is 97.6 Å². The number of likely N-dealkylation sites (tertiary alicyclic amines) is 2. The maximum absolute atomic E-state index is 13.6. The maximum atomic E-state index is 13.6. The lowest BCUT2D eigenvalue weighted by atomic mass is 10.0. The first-order chi connectivity index (χ1) is 21.4. The molecule has 1 amide bonds. The van der Waals surface area contributed by atoms with Crippen molar-refractivity contribution in [1.29, 1.82) is 0 Å². The number of sulfone groups is 1. The molecular weight excluding hydrogens is 607 g/mol. The Morgan fingerprint density at radius 1 is 1.02 bits per heavy atom. The second-order valence-electron chi connectivity index (χ2n) is 11.7. The predicted octanol–water partition coefficient (Wildman–Crippen LogP) is 3.93. The van der Waals surface area contributed by atoms with E-state index in [0.717, 1.165) is 37.9 Å². The van der Waals surface area contributed by atoms with Gasteiger partial charge in [-0.15, -0.1) is 0 Å². The lowest BCUT2D eigenvalue weighted by Crippen LogP contribution is -2.47. The predicted molar refractivity (Wildman–Crippen MR) is 168 cm³/mol. The minimum absolute atomic E-state index is 0.0813. The van der Waals surface area contributed by atoms with Crippen LogP contribution in [0.4, 0.5) is 24.5 Å². The van der Waals surface area contributed by atoms with Crippen LogP contribution in [-0.2, 0) is 21.2 Å². The van der Waals surface area contributed by atoms with Gasteiger partial charge >= 0.3 is 6.18 Å². The number of hydrogen-bond donors (Lipinski definition) is 3. The number of amides is 1. The average Bonchev–Trinajstić information content (AvgIpc) is 3.33. The van der Waals surface area contributed by atoms with Crippen LogP contribution in [0.15, 0.2) is 53.4 Å². The number of aromatic nitrogens is 1. The van der Waals surface area contributed by atoms with Crippen molar-refractivity contribution in [1.82, 2.24) is 14.4 Å². The Hall–Kier alpha value is -3.73. The largest absolute Gasteiger partial charge is 0.406 e. The summed E-state index contributed by atoms with van der Waals surface area (Å²) < 4.78 is 65.3. The molecule has 2 saturated heterocycles. The molecule has 2 aliphatic rings. The van der Waals surface area contributed by atoms with Crippen molar-refractivity contribution in [3.05, 3.63) is 54.2 Å². The van der Waals surface area contributed by atoms with Gasteiger partial charge in [-0.1, -0.05) is 12.0 Å². The molecule has 9 nitrogen and oxygen atoms in total. The minimum atomic E-state index is -4.44. The molecule has 0 unspecified atom stereocenters. The van der Waals surface area contributed by atoms with Crippen LogP contribution in [0, 0.1) is 11.8 Å². The van der Waals surface area contributed by atoms with Gasteiger partial charge in [-0.05, 0) is 74.1 Å². The number of rotatable bonds is 8. The Kier molecular flexibility index (Phi) is 9.96. The zero-order chi connectivity index (χ0) is 32.2. The fourth-order valence-corrected chi connectivity index (χ4v) is 6.46. The molecule has 2 fully saturated rings. The van der Waals surface area contributed by atoms with Gasteiger partial charge in [0.15, 0.2) is 9.84 Å². The molecule has 3 N–H and O–H groups in total. The van der Waals surface area contributed by atoms with Crippen molar-refractivity contribution in [3.63, 3.8) is 0 Å². The Morgan fingerprint density at radius 3 is 2.36 bits per heavy atom. The van der Waals surface area contributed by atoms with Crippen LogP contribution in [0.25, 0.3) is 10.9 Å². The van der Waals surface area contributed by atoms with Crippen molar-refractivity contribution in [2.75, 3.05) is 56.2 Å². The molecule has 5 rings (SSSR count). The number of aliphatic hydroxyl groups excluding tert-OH is 1. The van der Waals surface area contributed by atoms with Crippen molar-refractivity contribution < 1.29 is 31.5 Å². The van der Waals surface area contributed by atoms with E-state index in [2.05, 4.69) is 27.4 Å². The first-order valence-electron chi connectivity index (χ1n) is 15.0. The van der Waals surface area contributed by atoms with Gasteiger partial charge in [0.05, 0.1) is 35.3 Å². The van der Waals surface area contributed by atoms with Gasteiger partial charge in [0, 0.05) is 55.2 Å². The molecular formula is C32H38F3N5O4S. The minimum Gasteiger partial charge on any atom is -0.393 e. The van der Waals surface area contributed by atoms with Gasteiger partial charge in [0.2, 0.25) is 5.91 Å². The van der Waals surface area contributed by atoms with E-state index in [1.807, 2.05) is 11.0 Å². The molecule has 0 saturated carbocycles. The van der Waals surface area contributed by atoms with E-state index in [0.29, 0.717) is 49.1 Å². The molecule has 2 aliphatic heterocycles. The number of benzene rings is 2. The summed E-state index contributed by atoms with van der Waals surface area (Å²) in [4.78, 5) is 16.8. The molecule has 45 heavy (non-hydrogen) atoms. The van der Waals surface area contributed by atoms with E-state index < -0.39 is 22.6 Å². The third-order valence-electron chi connectivity index (χ3n) is 8.29. The fourth-order valence-electron chi connectivity index (χ4n) is 5.83. The van der Waals surface area contributed by atoms with E-state index in [1.165, 1.54) is 16.7 Å². The molecule has 0 bridgehead atoms. The summed E-state index contributed by atoms with van der Waals surface area (Å²) in [6.45, 7) is 1.95. The number of piperidine rings is 2. The summed E-state index contributed by atoms with van der Waals surface area (Å²) in [5.41, 5.74) is 2.05. The summed E-state index contributed by atoms with van der Waals surface area (Å²) in [6.07, 6.45) is -0.844. The molecule has 13 heteroatoms. The molecule has 2 aromatic carbocycles. The van der Waals surface area contributed by atoms with Gasteiger partial charge in [0.25, 0.3) is 0 Å². The third-order valence-corrected chi connectivity index (χ3v) is 9.41. The van der Waals surface area contributed by atoms with Crippen LogP contribution in [0.2, 0.25) is 0 Å². The van der Waals surface area contributed by atoms with Crippen LogP contribution in [0.5, 0.6) is 0 Å². The average molecular weight is 646 g/mol. The van der Waals surface area contributed by atoms with Crippen molar-refractivity contribution in [2.24, 2.45) is 0 Å². The summed E-state index contributed by atoms with van der Waals surface area (Å²) in [5.74, 6) is 5.86. The van der Waals surface area contributed by atoms with Gasteiger partial charge in [-0.2, -0.15) is 13.2 Å². The number of nitrogens with one attached hydrogen (secondary N) is 2. The SMILES string of the molecule is CS(=O)(=O)c1ccc(NCC#Cc2cc3c(NC4CCN(CC(=O)N5CCC(O)CC5)CC4)cccc3n2CC(F)(F)F)cc1. The molecule has 0 spiro atoms. The number of carbonyl (C=O) groups is 1. The number of alkyl halides is 3. The topological polar surface area (TPSA) is 107 Å². The monoisotopic (exact) mass is 645 g/mol. The molecule has 242 valence electrons. The first-order valence-corrected chi connectivity index (χ1v) is 16.9. The molecule has 0 aliphatic carbocycles. The number of fused-ring (bicyclic) bond motifs is 1. The standard InChI is InChI=1S/C32H38F3N5O4S/c1-45(43,44)27-9-7-23(8-10-27)36-15-3-4-25-20-28-29(5-2-6-30(28)40(25)22-32(33,34)35)37-24-11-16-38(17-12-24)21-31(42)39-18-13-26(41)14-19-39/h2,5-10,20,24,26,36-37,41H,11-19,21-22H2,1H3. The highest BCUT2D eigenvalue weighted by Crippen LogP contribution is 2.31. The Bertz CT molecular complexity index is 1660. The zero-order valence-corrected chi connectivity index (χ0v) is 25.9. The highest BCUT2D eigenvalue weighted by Gasteiger charge is 2.30. The van der Waals surface area contributed by atoms with Crippen LogP contribution >= 0.6 is 0 Å². The van der Waals surface area contributed by atoms with E-state index in [1.54, 1.807) is 30.3 Å². The van der Waals surface area contributed by atoms with Crippen molar-refractivity contribution >= 4 is 38.0 Å². The Morgan fingerprint density at radius 2 is 1.71 bits per heavy atom. The third kappa shape index (κ3) is 8.71. The highest BCUT2D eigenvalue weighted by molar-refractivity contribution is 7.90. The quantitative estimate of drug-likeness (QED) is 0.319. The summed E-state index contributed by atoms with van der Waals surface area (Å²) in [6, 6.07) is 13.2. The number of halogens is 3. The van der Waals surface area contributed by atoms with Crippen LogP contribution in [0.3, 0.4) is 0 Å². The molecule has 0 radical (unpaired) electrons. The van der Waals surface area contributed by atoms with Gasteiger partial charge in [-0.3, -0.25) is 9.69 Å². The normalized spacial score (nSPS) is 17.2. The van der Waals surface area contributed by atoms with Crippen molar-refractivity contribution in [3.8, 4) is 11.8 Å². The zero-order valence-electron chi connectivity index (χ0n) is 25.1. The van der Waals surface area contributed by atoms with Crippen LogP contribution in [0.1, 0.15) is 31.4 Å². The molecule has 3 heterocycles. The smallest absolute Gasteiger partial charge is 0.393 e. The number of aliphatic hydroxyl groups is 1. The maximum Gasteiger partial charge on any atom is 0.406 e. The summed E-state index contributed by atoms with van der Waals surface area (Å²) in [5, 5.41) is 16.9. The molecule has 0 atom stereocenters. The highest BCUT2D eigenvalue weighted by atomic mass is 32.2. The van der Waals surface area contributed by atoms with Gasteiger partial charge in [-0.25, -0.2) is 8.42 Å². The molecule has 3 aromatic rings. The van der Waals surface area contributed by atoms with Crippen LogP contribution < -0.4 is 10.6 Å². The summed E-state index contributed by atoms with van der Waals surface area (Å²) in [7, 11) is -3.32. The Labute approximate surface area is 261 Å². The van der Waals surface area contributed by atoms with Gasteiger partial charge in [0.1, 0.15) is 6.54 Å². The lowest BCUT2D eigenvalue weighted by molar-refractivity contribution is -0.140. The number of carbonyl (C=O) groups excluding carboxylic acids is 1. The lowest BCUT2D eigenvalue weighted by Gasteiger charge is -2.35. The number of hydrogen-bond acceptors (Lipinski definition) is 7. The van der Waals surface area contributed by atoms with Gasteiger partial charge < -0.3 is 25.2 Å². The first kappa shape index (κ1) is 32.7. The summed E-state index contributed by atoms with van der Waals surface area (Å²) >= 11 is 0. The van der Waals surface area contributed by atoms with Crippen molar-refractivity contribution in [2.45, 2.75) is 55.4 Å². The second kappa shape index (κ2) is 13.7.